The van der Waals surface area contributed by atoms with Gasteiger partial charge in [0, 0.05) is 17.1 Å². The van der Waals surface area contributed by atoms with Crippen LogP contribution in [0.1, 0.15) is 15.7 Å². The number of ether oxygens (including phenoxy) is 1. The van der Waals surface area contributed by atoms with Crippen LogP contribution in [0.3, 0.4) is 0 Å². The maximum Gasteiger partial charge on any atom is 0.330 e. The number of hydrogen-bond donors (Lipinski definition) is 0. The molecular weight excluding hydrogens is 264 g/mol. The number of aryl methyl sites for hydroxylation is 1. The van der Waals surface area contributed by atoms with Crippen LogP contribution in [0.4, 0.5) is 0 Å². The number of carbonyl (C=O) groups is 1. The number of esters is 1. The molecule has 0 amide bonds. The van der Waals surface area contributed by atoms with Crippen molar-refractivity contribution in [3.8, 4) is 0 Å². The lowest BCUT2D eigenvalue weighted by Crippen LogP contribution is -2.14. The molecule has 2 unspecified atom stereocenters. The Bertz CT molecular complexity index is 428. The minimum Gasteiger partial charge on any atom is -0.461 e. The Balaban J connectivity index is 1.86. The van der Waals surface area contributed by atoms with Crippen molar-refractivity contribution in [1.29, 1.82) is 0 Å². The smallest absolute Gasteiger partial charge is 0.330 e. The molecule has 1 aliphatic rings. The second-order valence-corrected chi connectivity index (χ2v) is 7.01. The van der Waals surface area contributed by atoms with Crippen LogP contribution in [-0.4, -0.2) is 23.6 Å². The van der Waals surface area contributed by atoms with E-state index >= 15 is 0 Å². The summed E-state index contributed by atoms with van der Waals surface area (Å²) in [6.45, 7) is 5.96. The Hall–Kier alpha value is -0.870. The summed E-state index contributed by atoms with van der Waals surface area (Å²) in [5.41, 5.74) is 2.62. The molecule has 96 valence electrons. The summed E-state index contributed by atoms with van der Waals surface area (Å²) < 4.78 is 5.54. The standard InChI is InChI=1S/C14H16O2S2/c1-3-13(15)16-8-12-9-17-14(18-12)11-6-4-10(2)5-7-11/h3-7,12,14H,1,8-9H2,2H3. The quantitative estimate of drug-likeness (QED) is 0.622. The van der Waals surface area contributed by atoms with Gasteiger partial charge >= 0.3 is 5.97 Å². The number of carbonyl (C=O) groups excluding carboxylic acids is 1. The zero-order valence-corrected chi connectivity index (χ0v) is 11.9. The van der Waals surface area contributed by atoms with Gasteiger partial charge in [-0.2, -0.15) is 0 Å². The first kappa shape index (κ1) is 13.6. The van der Waals surface area contributed by atoms with Crippen LogP contribution < -0.4 is 0 Å². The summed E-state index contributed by atoms with van der Waals surface area (Å²) in [5.74, 6) is 0.688. The van der Waals surface area contributed by atoms with E-state index < -0.39 is 0 Å². The molecule has 1 heterocycles. The summed E-state index contributed by atoms with van der Waals surface area (Å²) in [6, 6.07) is 8.64. The van der Waals surface area contributed by atoms with Gasteiger partial charge in [-0.15, -0.1) is 23.5 Å². The third kappa shape index (κ3) is 3.56. The Morgan fingerprint density at radius 2 is 2.22 bits per heavy atom. The highest BCUT2D eigenvalue weighted by Crippen LogP contribution is 2.49. The maximum atomic E-state index is 11.0. The van der Waals surface area contributed by atoms with E-state index in [2.05, 4.69) is 37.8 Å². The van der Waals surface area contributed by atoms with Gasteiger partial charge in [0.25, 0.3) is 0 Å². The van der Waals surface area contributed by atoms with Crippen molar-refractivity contribution in [2.75, 3.05) is 12.4 Å². The van der Waals surface area contributed by atoms with Crippen LogP contribution >= 0.6 is 23.5 Å². The van der Waals surface area contributed by atoms with E-state index in [1.165, 1.54) is 17.2 Å². The molecule has 1 aromatic carbocycles. The van der Waals surface area contributed by atoms with Crippen molar-refractivity contribution in [3.05, 3.63) is 48.0 Å². The molecule has 1 saturated heterocycles. The lowest BCUT2D eigenvalue weighted by Gasteiger charge is -2.11. The molecule has 0 spiro atoms. The van der Waals surface area contributed by atoms with Gasteiger partial charge in [-0.3, -0.25) is 0 Å². The molecule has 1 aromatic rings. The molecule has 2 rings (SSSR count). The molecular formula is C14H16O2S2. The van der Waals surface area contributed by atoms with Crippen molar-refractivity contribution in [3.63, 3.8) is 0 Å². The molecule has 0 N–H and O–H groups in total. The van der Waals surface area contributed by atoms with Crippen molar-refractivity contribution < 1.29 is 9.53 Å². The summed E-state index contributed by atoms with van der Waals surface area (Å²) in [6.07, 6.45) is 1.21. The summed E-state index contributed by atoms with van der Waals surface area (Å²) >= 11 is 3.79. The normalized spacial score (nSPS) is 22.7. The summed E-state index contributed by atoms with van der Waals surface area (Å²) in [5, 5.41) is 0.380. The van der Waals surface area contributed by atoms with Crippen LogP contribution in [-0.2, 0) is 9.53 Å². The maximum absolute atomic E-state index is 11.0. The number of hydrogen-bond acceptors (Lipinski definition) is 4. The minimum absolute atomic E-state index is 0.334. The zero-order chi connectivity index (χ0) is 13.0. The van der Waals surface area contributed by atoms with Crippen molar-refractivity contribution in [1.82, 2.24) is 0 Å². The molecule has 2 atom stereocenters. The van der Waals surface area contributed by atoms with Gasteiger partial charge in [0.2, 0.25) is 0 Å². The Labute approximate surface area is 116 Å². The van der Waals surface area contributed by atoms with Gasteiger partial charge in [-0.05, 0) is 12.5 Å². The predicted octanol–water partition coefficient (Wildman–Crippen LogP) is 3.57. The van der Waals surface area contributed by atoms with Crippen molar-refractivity contribution in [2.45, 2.75) is 16.8 Å². The van der Waals surface area contributed by atoms with Crippen LogP contribution in [0.15, 0.2) is 36.9 Å². The zero-order valence-electron chi connectivity index (χ0n) is 10.3. The molecule has 4 heteroatoms. The molecule has 0 saturated carbocycles. The van der Waals surface area contributed by atoms with Crippen LogP contribution in [0.2, 0.25) is 0 Å². The molecule has 0 radical (unpaired) electrons. The fourth-order valence-electron chi connectivity index (χ4n) is 1.67. The SMILES string of the molecule is C=CC(=O)OCC1CSC(c2ccc(C)cc2)S1. The van der Waals surface area contributed by atoms with E-state index in [0.717, 1.165) is 5.75 Å². The molecule has 0 aliphatic carbocycles. The van der Waals surface area contributed by atoms with Crippen LogP contribution in [0.5, 0.6) is 0 Å². The second-order valence-electron chi connectivity index (χ2n) is 4.17. The first-order valence-corrected chi connectivity index (χ1v) is 7.81. The molecule has 1 fully saturated rings. The van der Waals surface area contributed by atoms with E-state index in [0.29, 0.717) is 16.4 Å². The van der Waals surface area contributed by atoms with Crippen LogP contribution in [0, 0.1) is 6.92 Å². The lowest BCUT2D eigenvalue weighted by atomic mass is 10.2. The van der Waals surface area contributed by atoms with Gasteiger partial charge in [0.05, 0.1) is 4.58 Å². The van der Waals surface area contributed by atoms with Crippen molar-refractivity contribution >= 4 is 29.5 Å². The van der Waals surface area contributed by atoms with E-state index in [9.17, 15) is 4.79 Å². The second kappa shape index (κ2) is 6.34. The Morgan fingerprint density at radius 1 is 1.50 bits per heavy atom. The lowest BCUT2D eigenvalue weighted by molar-refractivity contribution is -0.137. The number of rotatable bonds is 4. The summed E-state index contributed by atoms with van der Waals surface area (Å²) in [7, 11) is 0. The van der Waals surface area contributed by atoms with Gasteiger partial charge < -0.3 is 4.74 Å². The number of thioether (sulfide) groups is 2. The first-order valence-electron chi connectivity index (χ1n) is 5.82. The number of benzene rings is 1. The predicted molar refractivity (Wildman–Crippen MR) is 78.9 cm³/mol. The van der Waals surface area contributed by atoms with E-state index in [-0.39, 0.29) is 5.97 Å². The molecule has 0 aromatic heterocycles. The van der Waals surface area contributed by atoms with Gasteiger partial charge in [0.15, 0.2) is 0 Å². The van der Waals surface area contributed by atoms with Gasteiger partial charge in [0.1, 0.15) is 6.61 Å². The topological polar surface area (TPSA) is 26.3 Å². The minimum atomic E-state index is -0.334. The highest BCUT2D eigenvalue weighted by atomic mass is 32.2. The van der Waals surface area contributed by atoms with E-state index in [1.54, 1.807) is 0 Å². The molecule has 2 nitrogen and oxygen atoms in total. The van der Waals surface area contributed by atoms with Gasteiger partial charge in [-0.1, -0.05) is 36.4 Å². The third-order valence-corrected chi connectivity index (χ3v) is 6.01. The van der Waals surface area contributed by atoms with Crippen LogP contribution in [0.25, 0.3) is 0 Å². The van der Waals surface area contributed by atoms with Gasteiger partial charge in [-0.25, -0.2) is 4.79 Å². The Morgan fingerprint density at radius 3 is 2.89 bits per heavy atom. The molecule has 1 aliphatic heterocycles. The highest BCUT2D eigenvalue weighted by molar-refractivity contribution is 8.19. The molecule has 0 bridgehead atoms. The highest BCUT2D eigenvalue weighted by Gasteiger charge is 2.27. The first-order chi connectivity index (χ1) is 8.69. The monoisotopic (exact) mass is 280 g/mol. The fraction of sp³-hybridized carbons (Fsp3) is 0.357. The van der Waals surface area contributed by atoms with E-state index in [1.807, 2.05) is 23.5 Å². The summed E-state index contributed by atoms with van der Waals surface area (Å²) in [4.78, 5) is 11.0. The van der Waals surface area contributed by atoms with Crippen molar-refractivity contribution in [2.24, 2.45) is 0 Å². The average molecular weight is 280 g/mol. The third-order valence-electron chi connectivity index (χ3n) is 2.68. The Kier molecular flexibility index (Phi) is 4.78. The fourth-order valence-corrected chi connectivity index (χ4v) is 4.88. The van der Waals surface area contributed by atoms with E-state index in [4.69, 9.17) is 4.74 Å². The largest absolute Gasteiger partial charge is 0.461 e. The average Bonchev–Trinajstić information content (AvgIpc) is 2.85. The molecule has 18 heavy (non-hydrogen) atoms.